The Morgan fingerprint density at radius 1 is 1.44 bits per heavy atom. The first-order chi connectivity index (χ1) is 7.69. The number of hydrogen-bond donors (Lipinski definition) is 0. The lowest BCUT2D eigenvalue weighted by atomic mass is 10.3. The maximum atomic E-state index is 11.6. The zero-order chi connectivity index (χ0) is 12.0. The van der Waals surface area contributed by atoms with E-state index in [0.29, 0.717) is 18.8 Å². The molecular weight excluding hydrogens is 204 g/mol. The fourth-order valence-electron chi connectivity index (χ4n) is 1.23. The minimum Gasteiger partial charge on any atom is -0.409 e. The lowest BCUT2D eigenvalue weighted by Crippen LogP contribution is -2.30. The fourth-order valence-corrected chi connectivity index (χ4v) is 1.23. The summed E-state index contributed by atoms with van der Waals surface area (Å²) < 4.78 is 5.11. The van der Waals surface area contributed by atoms with Crippen LogP contribution in [0.4, 0.5) is 4.79 Å². The first-order valence-electron chi connectivity index (χ1n) is 5.26. The van der Waals surface area contributed by atoms with Crippen LogP contribution in [0.2, 0.25) is 0 Å². The predicted molar refractivity (Wildman–Crippen MR) is 62.7 cm³/mol. The number of amides is 1. The molecule has 0 atom stereocenters. The van der Waals surface area contributed by atoms with Gasteiger partial charge >= 0.3 is 6.09 Å². The predicted octanol–water partition coefficient (Wildman–Crippen LogP) is 2.53. The van der Waals surface area contributed by atoms with Crippen molar-refractivity contribution in [2.24, 2.45) is 0 Å². The standard InChI is InChI=1S/C12H16N2O2/c1-4-14(5-2)12(15)16-10(3)11-8-6-7-9-13-11/h6-9H,3-5H2,1-2H3. The van der Waals surface area contributed by atoms with Crippen molar-refractivity contribution in [3.63, 3.8) is 0 Å². The van der Waals surface area contributed by atoms with E-state index in [4.69, 9.17) is 4.74 Å². The van der Waals surface area contributed by atoms with Crippen molar-refractivity contribution in [3.8, 4) is 0 Å². The van der Waals surface area contributed by atoms with Crippen LogP contribution in [-0.2, 0) is 4.74 Å². The molecule has 4 heteroatoms. The van der Waals surface area contributed by atoms with Gasteiger partial charge in [0, 0.05) is 19.3 Å². The number of aromatic nitrogens is 1. The Bertz CT molecular complexity index is 359. The molecule has 0 saturated carbocycles. The summed E-state index contributed by atoms with van der Waals surface area (Å²) in [6, 6.07) is 5.36. The molecular formula is C12H16N2O2. The fraction of sp³-hybridized carbons (Fsp3) is 0.333. The van der Waals surface area contributed by atoms with Crippen LogP contribution >= 0.6 is 0 Å². The molecule has 1 amide bonds. The third kappa shape index (κ3) is 3.08. The van der Waals surface area contributed by atoms with Gasteiger partial charge in [-0.05, 0) is 26.0 Å². The van der Waals surface area contributed by atoms with E-state index in [1.54, 1.807) is 23.2 Å². The quantitative estimate of drug-likeness (QED) is 0.732. The molecule has 0 saturated heterocycles. The van der Waals surface area contributed by atoms with Crippen molar-refractivity contribution in [1.82, 2.24) is 9.88 Å². The monoisotopic (exact) mass is 220 g/mol. The minimum absolute atomic E-state index is 0.275. The highest BCUT2D eigenvalue weighted by Crippen LogP contribution is 2.11. The molecule has 0 radical (unpaired) electrons. The van der Waals surface area contributed by atoms with Gasteiger partial charge in [-0.3, -0.25) is 4.98 Å². The molecule has 1 aromatic rings. The average molecular weight is 220 g/mol. The molecule has 0 aliphatic rings. The summed E-state index contributed by atoms with van der Waals surface area (Å²) in [5.41, 5.74) is 0.572. The summed E-state index contributed by atoms with van der Waals surface area (Å²) in [5, 5.41) is 0. The number of carbonyl (C=O) groups excluding carboxylic acids is 1. The summed E-state index contributed by atoms with van der Waals surface area (Å²) in [6.07, 6.45) is 1.24. The molecule has 16 heavy (non-hydrogen) atoms. The van der Waals surface area contributed by atoms with E-state index < -0.39 is 0 Å². The minimum atomic E-state index is -0.388. The van der Waals surface area contributed by atoms with E-state index in [-0.39, 0.29) is 11.9 Å². The van der Waals surface area contributed by atoms with Crippen LogP contribution in [0.5, 0.6) is 0 Å². The maximum Gasteiger partial charge on any atom is 0.415 e. The van der Waals surface area contributed by atoms with Gasteiger partial charge < -0.3 is 9.64 Å². The van der Waals surface area contributed by atoms with Gasteiger partial charge in [-0.1, -0.05) is 12.6 Å². The average Bonchev–Trinajstić information content (AvgIpc) is 2.31. The van der Waals surface area contributed by atoms with Crippen molar-refractivity contribution in [2.75, 3.05) is 13.1 Å². The highest BCUT2D eigenvalue weighted by molar-refractivity contribution is 5.75. The molecule has 1 heterocycles. The van der Waals surface area contributed by atoms with Crippen LogP contribution in [0.1, 0.15) is 19.5 Å². The van der Waals surface area contributed by atoms with Crippen LogP contribution in [0, 0.1) is 0 Å². The number of pyridine rings is 1. The number of rotatable bonds is 4. The molecule has 0 spiro atoms. The van der Waals surface area contributed by atoms with E-state index >= 15 is 0 Å². The molecule has 0 aliphatic heterocycles. The first kappa shape index (κ1) is 12.2. The molecule has 0 aliphatic carbocycles. The van der Waals surface area contributed by atoms with Gasteiger partial charge in [0.05, 0.1) is 0 Å². The van der Waals surface area contributed by atoms with Crippen LogP contribution in [-0.4, -0.2) is 29.1 Å². The molecule has 86 valence electrons. The van der Waals surface area contributed by atoms with E-state index in [2.05, 4.69) is 11.6 Å². The van der Waals surface area contributed by atoms with Crippen LogP contribution < -0.4 is 0 Å². The van der Waals surface area contributed by atoms with Crippen molar-refractivity contribution in [2.45, 2.75) is 13.8 Å². The van der Waals surface area contributed by atoms with Crippen molar-refractivity contribution >= 4 is 11.9 Å². The summed E-state index contributed by atoms with van der Waals surface area (Å²) in [7, 11) is 0. The zero-order valence-corrected chi connectivity index (χ0v) is 9.64. The largest absolute Gasteiger partial charge is 0.415 e. The first-order valence-corrected chi connectivity index (χ1v) is 5.26. The molecule has 0 unspecified atom stereocenters. The van der Waals surface area contributed by atoms with Gasteiger partial charge in [0.2, 0.25) is 0 Å². The van der Waals surface area contributed by atoms with E-state index in [1.807, 2.05) is 19.9 Å². The topological polar surface area (TPSA) is 42.4 Å². The maximum absolute atomic E-state index is 11.6. The van der Waals surface area contributed by atoms with E-state index in [0.717, 1.165) is 0 Å². The Kier molecular flexibility index (Phi) is 4.51. The second-order valence-electron chi connectivity index (χ2n) is 3.18. The summed E-state index contributed by atoms with van der Waals surface area (Å²) >= 11 is 0. The van der Waals surface area contributed by atoms with Gasteiger partial charge in [0.15, 0.2) is 5.76 Å². The third-order valence-electron chi connectivity index (χ3n) is 2.18. The van der Waals surface area contributed by atoms with Crippen molar-refractivity contribution < 1.29 is 9.53 Å². The van der Waals surface area contributed by atoms with Gasteiger partial charge in [0.1, 0.15) is 5.69 Å². The van der Waals surface area contributed by atoms with Crippen molar-refractivity contribution in [3.05, 3.63) is 36.7 Å². The molecule has 4 nitrogen and oxygen atoms in total. The van der Waals surface area contributed by atoms with E-state index in [9.17, 15) is 4.79 Å². The molecule has 0 aromatic carbocycles. The van der Waals surface area contributed by atoms with Gasteiger partial charge in [-0.2, -0.15) is 0 Å². The second-order valence-corrected chi connectivity index (χ2v) is 3.18. The lowest BCUT2D eigenvalue weighted by Gasteiger charge is -2.18. The van der Waals surface area contributed by atoms with Crippen LogP contribution in [0.25, 0.3) is 5.76 Å². The molecule has 0 bridgehead atoms. The normalized spacial score (nSPS) is 9.62. The third-order valence-corrected chi connectivity index (χ3v) is 2.18. The summed E-state index contributed by atoms with van der Waals surface area (Å²) in [4.78, 5) is 17.2. The zero-order valence-electron chi connectivity index (χ0n) is 9.64. The Balaban J connectivity index is 2.62. The highest BCUT2D eigenvalue weighted by Gasteiger charge is 2.13. The Morgan fingerprint density at radius 2 is 2.12 bits per heavy atom. The van der Waals surface area contributed by atoms with Crippen LogP contribution in [0.15, 0.2) is 31.0 Å². The Morgan fingerprint density at radius 3 is 2.62 bits per heavy atom. The number of ether oxygens (including phenoxy) is 1. The summed E-state index contributed by atoms with van der Waals surface area (Å²) in [6.45, 7) is 8.71. The number of carbonyl (C=O) groups is 1. The van der Waals surface area contributed by atoms with Gasteiger partial charge in [-0.25, -0.2) is 4.79 Å². The molecule has 1 aromatic heterocycles. The highest BCUT2D eigenvalue weighted by atomic mass is 16.6. The van der Waals surface area contributed by atoms with Crippen LogP contribution in [0.3, 0.4) is 0 Å². The second kappa shape index (κ2) is 5.90. The Labute approximate surface area is 95.6 Å². The molecule has 0 N–H and O–H groups in total. The lowest BCUT2D eigenvalue weighted by molar-refractivity contribution is 0.148. The van der Waals surface area contributed by atoms with Gasteiger partial charge in [-0.15, -0.1) is 0 Å². The SMILES string of the molecule is C=C(OC(=O)N(CC)CC)c1ccccn1. The van der Waals surface area contributed by atoms with Gasteiger partial charge in [0.25, 0.3) is 0 Å². The Hall–Kier alpha value is -1.84. The smallest absolute Gasteiger partial charge is 0.409 e. The van der Waals surface area contributed by atoms with Crippen molar-refractivity contribution in [1.29, 1.82) is 0 Å². The molecule has 1 rings (SSSR count). The van der Waals surface area contributed by atoms with E-state index in [1.165, 1.54) is 0 Å². The number of hydrogen-bond acceptors (Lipinski definition) is 3. The number of nitrogens with zero attached hydrogens (tertiary/aromatic N) is 2. The molecule has 0 fully saturated rings. The summed E-state index contributed by atoms with van der Waals surface area (Å²) in [5.74, 6) is 0.275.